The van der Waals surface area contributed by atoms with E-state index in [-0.39, 0.29) is 5.91 Å². The van der Waals surface area contributed by atoms with Crippen LogP contribution in [0.1, 0.15) is 24.9 Å². The predicted molar refractivity (Wildman–Crippen MR) is 165 cm³/mol. The third kappa shape index (κ3) is 6.07. The molecular formula is C32H31FN8O2. The number of benzene rings is 1. The van der Waals surface area contributed by atoms with Gasteiger partial charge in [0.25, 0.3) is 0 Å². The van der Waals surface area contributed by atoms with Gasteiger partial charge in [0.15, 0.2) is 0 Å². The Bertz CT molecular complexity index is 1850. The number of carbonyl (C=O) groups excluding carboxylic acids is 1. The molecule has 1 aliphatic heterocycles. The highest BCUT2D eigenvalue weighted by atomic mass is 19.1. The molecular weight excluding hydrogens is 547 g/mol. The van der Waals surface area contributed by atoms with Crippen LogP contribution in [0.15, 0.2) is 67.3 Å². The molecule has 0 radical (unpaired) electrons. The number of nitrogens with zero attached hydrogens (tertiary/aromatic N) is 5. The molecule has 0 bridgehead atoms. The van der Waals surface area contributed by atoms with Crippen molar-refractivity contribution in [1.82, 2.24) is 29.8 Å². The van der Waals surface area contributed by atoms with Crippen LogP contribution in [0, 0.1) is 5.82 Å². The number of hydrogen-bond donors (Lipinski definition) is 3. The first-order chi connectivity index (χ1) is 20.9. The number of likely N-dealkylation sites (N-methyl/N-ethyl adjacent to an activating group) is 1. The van der Waals surface area contributed by atoms with Gasteiger partial charge in [-0.2, -0.15) is 0 Å². The number of aromatic nitrogens is 5. The van der Waals surface area contributed by atoms with Crippen LogP contribution in [-0.2, 0) is 4.79 Å². The lowest BCUT2D eigenvalue weighted by molar-refractivity contribution is -0.115. The van der Waals surface area contributed by atoms with Crippen LogP contribution >= 0.6 is 0 Å². The largest absolute Gasteiger partial charge is 0.492 e. The zero-order valence-corrected chi connectivity index (χ0v) is 24.1. The van der Waals surface area contributed by atoms with Crippen molar-refractivity contribution in [1.29, 1.82) is 0 Å². The number of fused-ring (bicyclic) bond motifs is 2. The number of imidazole rings is 1. The summed E-state index contributed by atoms with van der Waals surface area (Å²) in [5.74, 6) is 0.586. The number of pyridine rings is 3. The molecule has 3 N–H and O–H groups in total. The third-order valence-electron chi connectivity index (χ3n) is 7.03. The van der Waals surface area contributed by atoms with Crippen molar-refractivity contribution in [3.05, 3.63) is 84.6 Å². The molecule has 0 saturated carbocycles. The first-order valence-corrected chi connectivity index (χ1v) is 14.0. The van der Waals surface area contributed by atoms with E-state index in [0.29, 0.717) is 71.2 Å². The summed E-state index contributed by atoms with van der Waals surface area (Å²) in [4.78, 5) is 35.9. The standard InChI is InChI=1S/C32H31FN8O2/c1-4-29(42)37-22-12-20(15-34-16-22)26-5-6-27-30(38-26)24(7-8-36-27)32-39-28-18-35-17-25(31(28)40-32)19-11-21(33)14-23(13-19)43-10-9-41(2)3/h5-7,11-18,36H,4,8-10H2,1-3H3,(H,37,42)(H,39,40). The first-order valence-electron chi connectivity index (χ1n) is 14.0. The maximum atomic E-state index is 14.7. The Morgan fingerprint density at radius 1 is 1.05 bits per heavy atom. The maximum Gasteiger partial charge on any atom is 0.224 e. The van der Waals surface area contributed by atoms with Gasteiger partial charge in [-0.05, 0) is 50.0 Å². The van der Waals surface area contributed by atoms with E-state index in [9.17, 15) is 9.18 Å². The third-order valence-corrected chi connectivity index (χ3v) is 7.03. The molecule has 1 aromatic carbocycles. The average molecular weight is 579 g/mol. The maximum absolute atomic E-state index is 14.7. The molecule has 4 aromatic heterocycles. The second kappa shape index (κ2) is 12.0. The molecule has 0 saturated heterocycles. The number of nitrogens with one attached hydrogen (secondary N) is 3. The molecule has 0 spiro atoms. The van der Waals surface area contributed by atoms with E-state index in [4.69, 9.17) is 14.7 Å². The number of anilines is 2. The van der Waals surface area contributed by atoms with E-state index in [0.717, 1.165) is 22.5 Å². The molecule has 1 aliphatic rings. The van der Waals surface area contributed by atoms with Gasteiger partial charge in [-0.25, -0.2) is 14.4 Å². The van der Waals surface area contributed by atoms with Crippen molar-refractivity contribution >= 4 is 33.9 Å². The summed E-state index contributed by atoms with van der Waals surface area (Å²) in [6, 6.07) is 10.4. The molecule has 0 unspecified atom stereocenters. The van der Waals surface area contributed by atoms with Crippen LogP contribution in [0.5, 0.6) is 5.75 Å². The monoisotopic (exact) mass is 578 g/mol. The molecule has 218 valence electrons. The normalized spacial score (nSPS) is 12.5. The summed E-state index contributed by atoms with van der Waals surface area (Å²) in [6.07, 6.45) is 9.12. The van der Waals surface area contributed by atoms with Crippen LogP contribution in [-0.4, -0.2) is 69.5 Å². The number of amides is 1. The average Bonchev–Trinajstić information content (AvgIpc) is 3.44. The van der Waals surface area contributed by atoms with Gasteiger partial charge < -0.3 is 25.3 Å². The molecule has 5 aromatic rings. The Hall–Kier alpha value is -5.16. The van der Waals surface area contributed by atoms with Gasteiger partial charge in [0.1, 0.15) is 24.0 Å². The minimum Gasteiger partial charge on any atom is -0.492 e. The van der Waals surface area contributed by atoms with Crippen LogP contribution < -0.4 is 15.4 Å². The highest BCUT2D eigenvalue weighted by Crippen LogP contribution is 2.35. The highest BCUT2D eigenvalue weighted by Gasteiger charge is 2.21. The van der Waals surface area contributed by atoms with Crippen molar-refractivity contribution < 1.29 is 13.9 Å². The van der Waals surface area contributed by atoms with Gasteiger partial charge in [-0.3, -0.25) is 14.8 Å². The molecule has 0 atom stereocenters. The number of ether oxygens (including phenoxy) is 1. The molecule has 6 rings (SSSR count). The fourth-order valence-corrected chi connectivity index (χ4v) is 4.85. The topological polar surface area (TPSA) is 121 Å². The van der Waals surface area contributed by atoms with Gasteiger partial charge in [0, 0.05) is 54.7 Å². The Morgan fingerprint density at radius 3 is 2.74 bits per heavy atom. The number of carbonyl (C=O) groups is 1. The lowest BCUT2D eigenvalue weighted by Crippen LogP contribution is -2.19. The molecule has 11 heteroatoms. The minimum absolute atomic E-state index is 0.0863. The molecule has 1 amide bonds. The van der Waals surface area contributed by atoms with E-state index < -0.39 is 5.82 Å². The van der Waals surface area contributed by atoms with Crippen molar-refractivity contribution in [2.75, 3.05) is 44.4 Å². The SMILES string of the molecule is CCC(=O)Nc1cncc(-c2ccc3c(n2)C(c2nc4c(-c5cc(F)cc(OCCN(C)C)c5)cncc4[nH]2)=CCN3)c1. The number of hydrogen-bond acceptors (Lipinski definition) is 8. The minimum atomic E-state index is -0.398. The Morgan fingerprint density at radius 2 is 1.91 bits per heavy atom. The van der Waals surface area contributed by atoms with Crippen molar-refractivity contribution in [2.45, 2.75) is 13.3 Å². The predicted octanol–water partition coefficient (Wildman–Crippen LogP) is 5.37. The van der Waals surface area contributed by atoms with E-state index >= 15 is 0 Å². The van der Waals surface area contributed by atoms with Crippen LogP contribution in [0.4, 0.5) is 15.8 Å². The summed E-state index contributed by atoms with van der Waals surface area (Å²) in [7, 11) is 3.91. The molecule has 5 heterocycles. The zero-order chi connectivity index (χ0) is 29.9. The lowest BCUT2D eigenvalue weighted by Gasteiger charge is -2.18. The smallest absolute Gasteiger partial charge is 0.224 e. The summed E-state index contributed by atoms with van der Waals surface area (Å²) < 4.78 is 20.5. The van der Waals surface area contributed by atoms with Gasteiger partial charge >= 0.3 is 0 Å². The Kier molecular flexibility index (Phi) is 7.80. The zero-order valence-electron chi connectivity index (χ0n) is 24.1. The quantitative estimate of drug-likeness (QED) is 0.214. The van der Waals surface area contributed by atoms with Crippen LogP contribution in [0.25, 0.3) is 39.0 Å². The molecule has 43 heavy (non-hydrogen) atoms. The number of aromatic amines is 1. The van der Waals surface area contributed by atoms with Gasteiger partial charge in [0.05, 0.1) is 46.2 Å². The molecule has 0 fully saturated rings. The molecule has 10 nitrogen and oxygen atoms in total. The number of halogens is 1. The van der Waals surface area contributed by atoms with E-state index in [1.165, 1.54) is 12.1 Å². The second-order valence-electron chi connectivity index (χ2n) is 10.5. The number of rotatable bonds is 9. The fraction of sp³-hybridized carbons (Fsp3) is 0.219. The summed E-state index contributed by atoms with van der Waals surface area (Å²) in [5, 5.41) is 6.22. The van der Waals surface area contributed by atoms with E-state index in [2.05, 4.69) is 25.6 Å². The van der Waals surface area contributed by atoms with Crippen molar-refractivity contribution in [3.8, 4) is 28.1 Å². The summed E-state index contributed by atoms with van der Waals surface area (Å²) in [5.41, 5.74) is 7.19. The lowest BCUT2D eigenvalue weighted by atomic mass is 10.0. The summed E-state index contributed by atoms with van der Waals surface area (Å²) in [6.45, 7) is 3.55. The fourth-order valence-electron chi connectivity index (χ4n) is 4.85. The van der Waals surface area contributed by atoms with Gasteiger partial charge in [-0.1, -0.05) is 13.0 Å². The van der Waals surface area contributed by atoms with Gasteiger partial charge in [0.2, 0.25) is 5.91 Å². The van der Waals surface area contributed by atoms with E-state index in [1.54, 1.807) is 31.7 Å². The second-order valence-corrected chi connectivity index (χ2v) is 10.5. The highest BCUT2D eigenvalue weighted by molar-refractivity contribution is 5.95. The summed E-state index contributed by atoms with van der Waals surface area (Å²) >= 11 is 0. The van der Waals surface area contributed by atoms with Crippen LogP contribution in [0.2, 0.25) is 0 Å². The Labute approximate surface area is 248 Å². The van der Waals surface area contributed by atoms with Crippen LogP contribution in [0.3, 0.4) is 0 Å². The molecule has 0 aliphatic carbocycles. The Balaban J connectivity index is 1.35. The van der Waals surface area contributed by atoms with Crippen molar-refractivity contribution in [2.24, 2.45) is 0 Å². The van der Waals surface area contributed by atoms with Gasteiger partial charge in [-0.15, -0.1) is 0 Å². The first kappa shape index (κ1) is 28.0. The van der Waals surface area contributed by atoms with Crippen molar-refractivity contribution in [3.63, 3.8) is 0 Å². The number of H-pyrrole nitrogens is 1. The van der Waals surface area contributed by atoms with E-state index in [1.807, 2.05) is 49.3 Å².